The van der Waals surface area contributed by atoms with Crippen molar-refractivity contribution in [1.82, 2.24) is 0 Å². The first-order valence-electron chi connectivity index (χ1n) is 6.18. The zero-order valence-corrected chi connectivity index (χ0v) is 9.88. The van der Waals surface area contributed by atoms with Gasteiger partial charge in [0.25, 0.3) is 0 Å². The Morgan fingerprint density at radius 1 is 1.38 bits per heavy atom. The molecule has 0 bridgehead atoms. The maximum Gasteiger partial charge on any atom is 0.128 e. The van der Waals surface area contributed by atoms with E-state index in [4.69, 9.17) is 5.73 Å². The lowest BCUT2D eigenvalue weighted by Gasteiger charge is -2.17. The van der Waals surface area contributed by atoms with Crippen molar-refractivity contribution in [3.63, 3.8) is 0 Å². The molecule has 1 aromatic carbocycles. The lowest BCUT2D eigenvalue weighted by atomic mass is 9.93. The Morgan fingerprint density at radius 3 is 2.69 bits per heavy atom. The second-order valence-corrected chi connectivity index (χ2v) is 5.02. The summed E-state index contributed by atoms with van der Waals surface area (Å²) in [6.07, 6.45) is 6.09. The second kappa shape index (κ2) is 4.96. The summed E-state index contributed by atoms with van der Waals surface area (Å²) in [5, 5.41) is 0. The second-order valence-electron chi connectivity index (χ2n) is 5.02. The van der Waals surface area contributed by atoms with Gasteiger partial charge in [-0.1, -0.05) is 37.8 Å². The van der Waals surface area contributed by atoms with Gasteiger partial charge in [0.15, 0.2) is 0 Å². The number of halogens is 1. The molecular weight excluding hydrogens is 201 g/mol. The first kappa shape index (κ1) is 11.6. The van der Waals surface area contributed by atoms with E-state index in [9.17, 15) is 4.39 Å². The topological polar surface area (TPSA) is 26.0 Å². The van der Waals surface area contributed by atoms with Gasteiger partial charge in [-0.15, -0.1) is 0 Å². The molecule has 1 unspecified atom stereocenters. The van der Waals surface area contributed by atoms with Gasteiger partial charge in [-0.25, -0.2) is 4.39 Å². The zero-order chi connectivity index (χ0) is 11.5. The van der Waals surface area contributed by atoms with E-state index in [1.54, 1.807) is 6.07 Å². The summed E-state index contributed by atoms with van der Waals surface area (Å²) >= 11 is 0. The van der Waals surface area contributed by atoms with Crippen LogP contribution in [0.3, 0.4) is 0 Å². The lowest BCUT2D eigenvalue weighted by molar-refractivity contribution is 0.440. The van der Waals surface area contributed by atoms with Gasteiger partial charge in [-0.2, -0.15) is 0 Å². The van der Waals surface area contributed by atoms with E-state index in [-0.39, 0.29) is 11.9 Å². The molecule has 88 valence electrons. The minimum Gasteiger partial charge on any atom is -0.324 e. The molecule has 1 aliphatic rings. The fourth-order valence-electron chi connectivity index (χ4n) is 2.67. The fourth-order valence-corrected chi connectivity index (χ4v) is 2.67. The predicted molar refractivity (Wildman–Crippen MR) is 64.6 cm³/mol. The number of nitrogens with two attached hydrogens (primary N) is 1. The highest BCUT2D eigenvalue weighted by Crippen LogP contribution is 2.32. The van der Waals surface area contributed by atoms with E-state index in [1.165, 1.54) is 25.7 Å². The quantitative estimate of drug-likeness (QED) is 0.827. The van der Waals surface area contributed by atoms with Crippen molar-refractivity contribution >= 4 is 0 Å². The van der Waals surface area contributed by atoms with Gasteiger partial charge < -0.3 is 5.73 Å². The van der Waals surface area contributed by atoms with Crippen molar-refractivity contribution in [1.29, 1.82) is 0 Å². The minimum absolute atomic E-state index is 0.135. The molecule has 0 saturated heterocycles. The average Bonchev–Trinajstić information content (AvgIpc) is 2.70. The van der Waals surface area contributed by atoms with E-state index < -0.39 is 0 Å². The molecule has 0 spiro atoms. The molecule has 1 fully saturated rings. The van der Waals surface area contributed by atoms with Crippen molar-refractivity contribution in [2.45, 2.75) is 45.1 Å². The highest BCUT2D eigenvalue weighted by Gasteiger charge is 2.20. The first-order chi connectivity index (χ1) is 7.66. The molecule has 1 nitrogen and oxygen atoms in total. The predicted octanol–water partition coefficient (Wildman–Crippen LogP) is 3.71. The highest BCUT2D eigenvalue weighted by molar-refractivity contribution is 5.25. The normalized spacial score (nSPS) is 18.9. The summed E-state index contributed by atoms with van der Waals surface area (Å²) in [5.41, 5.74) is 7.72. The Hall–Kier alpha value is -0.890. The maximum atomic E-state index is 13.7. The fraction of sp³-hybridized carbons (Fsp3) is 0.571. The third kappa shape index (κ3) is 2.62. The van der Waals surface area contributed by atoms with Crippen LogP contribution in [-0.4, -0.2) is 0 Å². The van der Waals surface area contributed by atoms with Crippen LogP contribution < -0.4 is 5.73 Å². The van der Waals surface area contributed by atoms with E-state index >= 15 is 0 Å². The molecule has 1 saturated carbocycles. The van der Waals surface area contributed by atoms with Crippen molar-refractivity contribution in [2.75, 3.05) is 0 Å². The molecule has 2 rings (SSSR count). The smallest absolute Gasteiger partial charge is 0.128 e. The molecule has 0 amide bonds. The van der Waals surface area contributed by atoms with E-state index in [0.29, 0.717) is 11.5 Å². The molecular formula is C14H20FN. The molecule has 2 heteroatoms. The summed E-state index contributed by atoms with van der Waals surface area (Å²) < 4.78 is 13.7. The highest BCUT2D eigenvalue weighted by atomic mass is 19.1. The Morgan fingerprint density at radius 2 is 2.06 bits per heavy atom. The monoisotopic (exact) mass is 221 g/mol. The van der Waals surface area contributed by atoms with Crippen molar-refractivity contribution in [3.05, 3.63) is 35.1 Å². The summed E-state index contributed by atoms with van der Waals surface area (Å²) in [5.74, 6) is 0.557. The van der Waals surface area contributed by atoms with Crippen LogP contribution in [0.25, 0.3) is 0 Å². The summed E-state index contributed by atoms with van der Waals surface area (Å²) in [6, 6.07) is 5.21. The van der Waals surface area contributed by atoms with Gasteiger partial charge in [0.05, 0.1) is 0 Å². The maximum absolute atomic E-state index is 13.7. The number of hydrogen-bond donors (Lipinski definition) is 1. The third-order valence-electron chi connectivity index (χ3n) is 3.62. The van der Waals surface area contributed by atoms with E-state index in [0.717, 1.165) is 12.0 Å². The minimum atomic E-state index is -0.148. The van der Waals surface area contributed by atoms with Gasteiger partial charge in [0.1, 0.15) is 5.82 Å². The molecule has 16 heavy (non-hydrogen) atoms. The molecule has 1 atom stereocenters. The number of aryl methyl sites for hydroxylation is 1. The van der Waals surface area contributed by atoms with Gasteiger partial charge in [-0.3, -0.25) is 0 Å². The van der Waals surface area contributed by atoms with Crippen LogP contribution >= 0.6 is 0 Å². The van der Waals surface area contributed by atoms with Crippen LogP contribution in [0.5, 0.6) is 0 Å². The van der Waals surface area contributed by atoms with E-state index in [2.05, 4.69) is 0 Å². The molecule has 0 radical (unpaired) electrons. The van der Waals surface area contributed by atoms with Crippen LogP contribution in [0.15, 0.2) is 18.2 Å². The Labute approximate surface area is 96.9 Å². The zero-order valence-electron chi connectivity index (χ0n) is 9.88. The lowest BCUT2D eigenvalue weighted by Crippen LogP contribution is -2.15. The van der Waals surface area contributed by atoms with Gasteiger partial charge in [0.2, 0.25) is 0 Å². The van der Waals surface area contributed by atoms with Crippen molar-refractivity contribution in [3.8, 4) is 0 Å². The van der Waals surface area contributed by atoms with Crippen molar-refractivity contribution < 1.29 is 4.39 Å². The number of hydrogen-bond acceptors (Lipinski definition) is 1. The first-order valence-corrected chi connectivity index (χ1v) is 6.18. The van der Waals surface area contributed by atoms with Gasteiger partial charge >= 0.3 is 0 Å². The largest absolute Gasteiger partial charge is 0.324 e. The van der Waals surface area contributed by atoms with Gasteiger partial charge in [0, 0.05) is 11.6 Å². The molecule has 0 heterocycles. The molecule has 0 aliphatic heterocycles. The molecule has 0 aromatic heterocycles. The average molecular weight is 221 g/mol. The van der Waals surface area contributed by atoms with Crippen molar-refractivity contribution in [2.24, 2.45) is 11.7 Å². The summed E-state index contributed by atoms with van der Waals surface area (Å²) in [6.45, 7) is 1.90. The van der Waals surface area contributed by atoms with Crippen LogP contribution in [0.1, 0.15) is 49.3 Å². The Balaban J connectivity index is 2.04. The molecule has 2 N–H and O–H groups in total. The summed E-state index contributed by atoms with van der Waals surface area (Å²) in [4.78, 5) is 0. The van der Waals surface area contributed by atoms with Crippen LogP contribution in [0.4, 0.5) is 4.39 Å². The SMILES string of the molecule is Cc1ccc(C(N)CC2CCCC2)c(F)c1. The van der Waals surface area contributed by atoms with Crippen LogP contribution in [-0.2, 0) is 0 Å². The molecule has 1 aliphatic carbocycles. The standard InChI is InChI=1S/C14H20FN/c1-10-6-7-12(13(15)8-10)14(16)9-11-4-2-3-5-11/h6-8,11,14H,2-5,9,16H2,1H3. The Bertz CT molecular complexity index is 356. The summed E-state index contributed by atoms with van der Waals surface area (Å²) in [7, 11) is 0. The molecule has 1 aromatic rings. The third-order valence-corrected chi connectivity index (χ3v) is 3.62. The number of benzene rings is 1. The van der Waals surface area contributed by atoms with Crippen LogP contribution in [0, 0.1) is 18.7 Å². The van der Waals surface area contributed by atoms with E-state index in [1.807, 2.05) is 19.1 Å². The Kier molecular flexibility index (Phi) is 3.59. The number of rotatable bonds is 3. The van der Waals surface area contributed by atoms with Crippen LogP contribution in [0.2, 0.25) is 0 Å². The van der Waals surface area contributed by atoms with Gasteiger partial charge in [-0.05, 0) is 30.9 Å².